The molecule has 0 N–H and O–H groups in total. The first-order chi connectivity index (χ1) is 7.75. The second kappa shape index (κ2) is 4.99. The lowest BCUT2D eigenvalue weighted by atomic mass is 10.2. The first-order valence-corrected chi connectivity index (χ1v) is 5.49. The second-order valence-electron chi connectivity index (χ2n) is 3.69. The standard InChI is InChI=1S/C13H13ClN2/c1-16(10-11-3-2-8-15-9-11)13-6-4-12(14)5-7-13/h2-9H,10H2,1H3. The molecule has 0 atom stereocenters. The van der Waals surface area contributed by atoms with Crippen molar-refractivity contribution in [2.24, 2.45) is 0 Å². The first-order valence-electron chi connectivity index (χ1n) is 5.11. The summed E-state index contributed by atoms with van der Waals surface area (Å²) in [7, 11) is 2.05. The lowest BCUT2D eigenvalue weighted by molar-refractivity contribution is 0.915. The Morgan fingerprint density at radius 2 is 1.94 bits per heavy atom. The van der Waals surface area contributed by atoms with E-state index in [1.54, 1.807) is 6.20 Å². The molecule has 0 aliphatic carbocycles. The molecule has 0 aliphatic heterocycles. The van der Waals surface area contributed by atoms with Gasteiger partial charge in [-0.1, -0.05) is 17.7 Å². The van der Waals surface area contributed by atoms with Gasteiger partial charge in [0, 0.05) is 36.7 Å². The zero-order valence-corrected chi connectivity index (χ0v) is 9.85. The summed E-state index contributed by atoms with van der Waals surface area (Å²) in [5.41, 5.74) is 2.34. The molecule has 0 saturated carbocycles. The van der Waals surface area contributed by atoms with Crippen LogP contribution in [0.2, 0.25) is 5.02 Å². The maximum absolute atomic E-state index is 5.85. The van der Waals surface area contributed by atoms with Gasteiger partial charge in [-0.2, -0.15) is 0 Å². The van der Waals surface area contributed by atoms with E-state index in [1.165, 1.54) is 5.56 Å². The number of aromatic nitrogens is 1. The minimum absolute atomic E-state index is 0.763. The molecule has 0 aliphatic rings. The molecule has 0 radical (unpaired) electrons. The van der Waals surface area contributed by atoms with Crippen LogP contribution in [0.1, 0.15) is 5.56 Å². The molecule has 0 spiro atoms. The molecule has 1 aromatic heterocycles. The normalized spacial score (nSPS) is 10.1. The van der Waals surface area contributed by atoms with E-state index in [0.29, 0.717) is 0 Å². The van der Waals surface area contributed by atoms with Gasteiger partial charge in [-0.05, 0) is 35.9 Å². The molecular weight excluding hydrogens is 220 g/mol. The summed E-state index contributed by atoms with van der Waals surface area (Å²) in [5, 5.41) is 0.763. The fraction of sp³-hybridized carbons (Fsp3) is 0.154. The molecule has 0 saturated heterocycles. The molecule has 0 fully saturated rings. The second-order valence-corrected chi connectivity index (χ2v) is 4.13. The Bertz CT molecular complexity index is 439. The Morgan fingerprint density at radius 1 is 1.19 bits per heavy atom. The molecule has 82 valence electrons. The van der Waals surface area contributed by atoms with Crippen LogP contribution in [-0.2, 0) is 6.54 Å². The highest BCUT2D eigenvalue weighted by Gasteiger charge is 2.01. The topological polar surface area (TPSA) is 16.1 Å². The van der Waals surface area contributed by atoms with E-state index in [0.717, 1.165) is 17.3 Å². The lowest BCUT2D eigenvalue weighted by Crippen LogP contribution is -2.16. The highest BCUT2D eigenvalue weighted by atomic mass is 35.5. The molecule has 16 heavy (non-hydrogen) atoms. The van der Waals surface area contributed by atoms with Crippen molar-refractivity contribution in [3.8, 4) is 0 Å². The summed E-state index contributed by atoms with van der Waals surface area (Å²) in [5.74, 6) is 0. The van der Waals surface area contributed by atoms with Crippen LogP contribution in [0.25, 0.3) is 0 Å². The Hall–Kier alpha value is -1.54. The number of hydrogen-bond donors (Lipinski definition) is 0. The SMILES string of the molecule is CN(Cc1cccnc1)c1ccc(Cl)cc1. The third kappa shape index (κ3) is 2.74. The Morgan fingerprint density at radius 3 is 2.56 bits per heavy atom. The van der Waals surface area contributed by atoms with Gasteiger partial charge >= 0.3 is 0 Å². The number of hydrogen-bond acceptors (Lipinski definition) is 2. The molecular formula is C13H13ClN2. The number of anilines is 1. The van der Waals surface area contributed by atoms with Gasteiger partial charge in [0.1, 0.15) is 0 Å². The van der Waals surface area contributed by atoms with E-state index in [1.807, 2.05) is 36.5 Å². The van der Waals surface area contributed by atoms with Crippen LogP contribution in [0.4, 0.5) is 5.69 Å². The third-order valence-electron chi connectivity index (χ3n) is 2.41. The molecule has 2 rings (SSSR count). The van der Waals surface area contributed by atoms with Crippen molar-refractivity contribution in [3.05, 3.63) is 59.4 Å². The largest absolute Gasteiger partial charge is 0.370 e. The fourth-order valence-corrected chi connectivity index (χ4v) is 1.68. The van der Waals surface area contributed by atoms with Crippen molar-refractivity contribution >= 4 is 17.3 Å². The number of halogens is 1. The van der Waals surface area contributed by atoms with Crippen molar-refractivity contribution < 1.29 is 0 Å². The molecule has 0 unspecified atom stereocenters. The van der Waals surface area contributed by atoms with Gasteiger partial charge < -0.3 is 4.90 Å². The average molecular weight is 233 g/mol. The molecule has 2 aromatic rings. The monoisotopic (exact) mass is 232 g/mol. The summed E-state index contributed by atoms with van der Waals surface area (Å²) in [6.07, 6.45) is 3.66. The Labute approximate surface area is 101 Å². The molecule has 2 nitrogen and oxygen atoms in total. The van der Waals surface area contributed by atoms with E-state index in [9.17, 15) is 0 Å². The minimum Gasteiger partial charge on any atom is -0.370 e. The predicted octanol–water partition coefficient (Wildman–Crippen LogP) is 3.37. The summed E-state index contributed by atoms with van der Waals surface area (Å²) >= 11 is 5.85. The van der Waals surface area contributed by atoms with Crippen molar-refractivity contribution in [1.82, 2.24) is 4.98 Å². The van der Waals surface area contributed by atoms with Gasteiger partial charge in [0.05, 0.1) is 0 Å². The highest BCUT2D eigenvalue weighted by molar-refractivity contribution is 6.30. The van der Waals surface area contributed by atoms with Crippen molar-refractivity contribution in [3.63, 3.8) is 0 Å². The molecule has 3 heteroatoms. The van der Waals surface area contributed by atoms with Gasteiger partial charge in [0.15, 0.2) is 0 Å². The summed E-state index contributed by atoms with van der Waals surface area (Å²) in [6, 6.07) is 11.8. The zero-order chi connectivity index (χ0) is 11.4. The van der Waals surface area contributed by atoms with E-state index < -0.39 is 0 Å². The van der Waals surface area contributed by atoms with E-state index >= 15 is 0 Å². The summed E-state index contributed by atoms with van der Waals surface area (Å²) in [4.78, 5) is 6.26. The van der Waals surface area contributed by atoms with Crippen LogP contribution in [0.15, 0.2) is 48.8 Å². The van der Waals surface area contributed by atoms with Gasteiger partial charge in [-0.15, -0.1) is 0 Å². The summed E-state index contributed by atoms with van der Waals surface area (Å²) in [6.45, 7) is 0.843. The molecule has 1 aromatic carbocycles. The quantitative estimate of drug-likeness (QED) is 0.807. The van der Waals surface area contributed by atoms with Crippen LogP contribution in [0.5, 0.6) is 0 Å². The first kappa shape index (κ1) is 11.0. The maximum Gasteiger partial charge on any atom is 0.0441 e. The molecule has 0 amide bonds. The van der Waals surface area contributed by atoms with Crippen LogP contribution in [-0.4, -0.2) is 12.0 Å². The average Bonchev–Trinajstić information content (AvgIpc) is 2.31. The maximum atomic E-state index is 5.85. The fourth-order valence-electron chi connectivity index (χ4n) is 1.55. The number of pyridine rings is 1. The van der Waals surface area contributed by atoms with Crippen molar-refractivity contribution in [2.75, 3.05) is 11.9 Å². The van der Waals surface area contributed by atoms with Crippen LogP contribution < -0.4 is 4.90 Å². The van der Waals surface area contributed by atoms with Crippen LogP contribution in [0, 0.1) is 0 Å². The Kier molecular flexibility index (Phi) is 3.42. The van der Waals surface area contributed by atoms with Gasteiger partial charge in [0.25, 0.3) is 0 Å². The van der Waals surface area contributed by atoms with Gasteiger partial charge in [-0.3, -0.25) is 4.98 Å². The smallest absolute Gasteiger partial charge is 0.0441 e. The van der Waals surface area contributed by atoms with Gasteiger partial charge in [-0.25, -0.2) is 0 Å². The number of rotatable bonds is 3. The van der Waals surface area contributed by atoms with Crippen LogP contribution >= 0.6 is 11.6 Å². The lowest BCUT2D eigenvalue weighted by Gasteiger charge is -2.19. The summed E-state index contributed by atoms with van der Waals surface area (Å²) < 4.78 is 0. The molecule has 1 heterocycles. The predicted molar refractivity (Wildman–Crippen MR) is 67.8 cm³/mol. The third-order valence-corrected chi connectivity index (χ3v) is 2.66. The highest BCUT2D eigenvalue weighted by Crippen LogP contribution is 2.18. The van der Waals surface area contributed by atoms with Crippen molar-refractivity contribution in [2.45, 2.75) is 6.54 Å². The minimum atomic E-state index is 0.763. The van der Waals surface area contributed by atoms with E-state index in [2.05, 4.69) is 23.0 Å². The van der Waals surface area contributed by atoms with Gasteiger partial charge in [0.2, 0.25) is 0 Å². The van der Waals surface area contributed by atoms with Crippen molar-refractivity contribution in [1.29, 1.82) is 0 Å². The van der Waals surface area contributed by atoms with E-state index in [4.69, 9.17) is 11.6 Å². The Balaban J connectivity index is 2.09. The number of nitrogens with zero attached hydrogens (tertiary/aromatic N) is 2. The molecule has 0 bridgehead atoms. The van der Waals surface area contributed by atoms with E-state index in [-0.39, 0.29) is 0 Å². The zero-order valence-electron chi connectivity index (χ0n) is 9.10. The number of benzene rings is 1. The van der Waals surface area contributed by atoms with Crippen LogP contribution in [0.3, 0.4) is 0 Å².